The molecule has 2 aromatic carbocycles. The number of fused-ring (bicyclic) bond motifs is 1. The number of nitro groups is 1. The summed E-state index contributed by atoms with van der Waals surface area (Å²) in [7, 11) is 2.13. The van der Waals surface area contributed by atoms with Crippen molar-refractivity contribution in [1.82, 2.24) is 4.90 Å². The minimum absolute atomic E-state index is 0.138. The predicted octanol–water partition coefficient (Wildman–Crippen LogP) is 3.40. The highest BCUT2D eigenvalue weighted by molar-refractivity contribution is 5.75. The van der Waals surface area contributed by atoms with Crippen LogP contribution in [-0.2, 0) is 0 Å². The highest BCUT2D eigenvalue weighted by Gasteiger charge is 2.40. The molecule has 2 atom stereocenters. The topological polar surface area (TPSA) is 49.6 Å². The largest absolute Gasteiger partial charge is 0.365 e. The van der Waals surface area contributed by atoms with Gasteiger partial charge in [-0.1, -0.05) is 12.1 Å². The highest BCUT2D eigenvalue weighted by Crippen LogP contribution is 2.39. The Morgan fingerprint density at radius 2 is 1.60 bits per heavy atom. The number of benzene rings is 2. The van der Waals surface area contributed by atoms with E-state index in [1.807, 2.05) is 6.07 Å². The fourth-order valence-electron chi connectivity index (χ4n) is 4.18. The minimum atomic E-state index is -0.315. The van der Waals surface area contributed by atoms with Gasteiger partial charge in [0.25, 0.3) is 5.69 Å². The SMILES string of the molecule is CN1CC2CN(c3cc(-c4ccc(F)cc4)ccc3[N+](=O)[O-])CC2C1. The Kier molecular flexibility index (Phi) is 3.92. The second-order valence-electron chi connectivity index (χ2n) is 7.11. The summed E-state index contributed by atoms with van der Waals surface area (Å²) in [5.74, 6) is 0.848. The quantitative estimate of drug-likeness (QED) is 0.634. The average molecular weight is 341 g/mol. The Morgan fingerprint density at radius 3 is 2.20 bits per heavy atom. The molecule has 2 unspecified atom stereocenters. The summed E-state index contributed by atoms with van der Waals surface area (Å²) in [5, 5.41) is 11.5. The van der Waals surface area contributed by atoms with Gasteiger partial charge in [0.1, 0.15) is 11.5 Å². The summed E-state index contributed by atoms with van der Waals surface area (Å²) in [6.45, 7) is 3.80. The number of likely N-dealkylation sites (tertiary alicyclic amines) is 1. The number of hydrogen-bond donors (Lipinski definition) is 0. The number of rotatable bonds is 3. The molecule has 4 rings (SSSR count). The molecule has 6 heteroatoms. The fourth-order valence-corrected chi connectivity index (χ4v) is 4.18. The minimum Gasteiger partial charge on any atom is -0.365 e. The molecule has 2 aliphatic rings. The van der Waals surface area contributed by atoms with Crippen molar-refractivity contribution in [2.75, 3.05) is 38.1 Å². The first-order valence-corrected chi connectivity index (χ1v) is 8.49. The van der Waals surface area contributed by atoms with Gasteiger partial charge in [-0.2, -0.15) is 0 Å². The van der Waals surface area contributed by atoms with Gasteiger partial charge in [0.2, 0.25) is 0 Å². The first kappa shape index (κ1) is 16.0. The molecular weight excluding hydrogens is 321 g/mol. The van der Waals surface area contributed by atoms with E-state index in [2.05, 4.69) is 16.8 Å². The van der Waals surface area contributed by atoms with Crippen LogP contribution in [0.3, 0.4) is 0 Å². The van der Waals surface area contributed by atoms with Crippen molar-refractivity contribution in [2.24, 2.45) is 11.8 Å². The molecule has 2 fully saturated rings. The highest BCUT2D eigenvalue weighted by atomic mass is 19.1. The summed E-state index contributed by atoms with van der Waals surface area (Å²) in [4.78, 5) is 15.7. The molecule has 0 aliphatic carbocycles. The zero-order chi connectivity index (χ0) is 17.6. The standard InChI is InChI=1S/C19H20FN3O2/c1-21-9-15-11-22(12-16(15)10-21)19-8-14(4-7-18(19)23(24)25)13-2-5-17(20)6-3-13/h2-8,15-16H,9-12H2,1H3. The molecule has 0 radical (unpaired) electrons. The molecule has 25 heavy (non-hydrogen) atoms. The Morgan fingerprint density at radius 1 is 1.00 bits per heavy atom. The van der Waals surface area contributed by atoms with E-state index in [-0.39, 0.29) is 16.4 Å². The van der Waals surface area contributed by atoms with Crippen molar-refractivity contribution in [3.05, 3.63) is 58.4 Å². The van der Waals surface area contributed by atoms with Gasteiger partial charge in [0.05, 0.1) is 4.92 Å². The lowest BCUT2D eigenvalue weighted by Gasteiger charge is -2.22. The number of halogens is 1. The van der Waals surface area contributed by atoms with Crippen LogP contribution >= 0.6 is 0 Å². The monoisotopic (exact) mass is 341 g/mol. The Bertz CT molecular complexity index is 795. The van der Waals surface area contributed by atoms with Gasteiger partial charge in [-0.25, -0.2) is 4.39 Å². The van der Waals surface area contributed by atoms with Crippen molar-refractivity contribution in [2.45, 2.75) is 0 Å². The average Bonchev–Trinajstić information content (AvgIpc) is 3.12. The lowest BCUT2D eigenvalue weighted by atomic mass is 10.0. The van der Waals surface area contributed by atoms with Gasteiger partial charge in [-0.15, -0.1) is 0 Å². The van der Waals surface area contributed by atoms with Gasteiger partial charge in [0.15, 0.2) is 0 Å². The predicted molar refractivity (Wildman–Crippen MR) is 95.2 cm³/mol. The first-order chi connectivity index (χ1) is 12.0. The maximum absolute atomic E-state index is 13.2. The first-order valence-electron chi connectivity index (χ1n) is 8.49. The summed E-state index contributed by atoms with van der Waals surface area (Å²) in [6.07, 6.45) is 0. The van der Waals surface area contributed by atoms with Crippen LogP contribution in [-0.4, -0.2) is 43.0 Å². The number of nitro benzene ring substituents is 1. The van der Waals surface area contributed by atoms with Crippen LogP contribution < -0.4 is 4.90 Å². The normalized spacial score (nSPS) is 23.0. The third-order valence-electron chi connectivity index (χ3n) is 5.36. The van der Waals surface area contributed by atoms with Gasteiger partial charge in [-0.05, 0) is 54.3 Å². The molecule has 2 heterocycles. The van der Waals surface area contributed by atoms with E-state index in [0.29, 0.717) is 17.5 Å². The third-order valence-corrected chi connectivity index (χ3v) is 5.36. The van der Waals surface area contributed by atoms with Crippen LogP contribution in [0.1, 0.15) is 0 Å². The summed E-state index contributed by atoms with van der Waals surface area (Å²) in [6, 6.07) is 11.4. The van der Waals surface area contributed by atoms with Crippen molar-refractivity contribution in [3.8, 4) is 11.1 Å². The zero-order valence-electron chi connectivity index (χ0n) is 14.1. The van der Waals surface area contributed by atoms with Crippen molar-refractivity contribution >= 4 is 11.4 Å². The molecule has 0 bridgehead atoms. The van der Waals surface area contributed by atoms with Crippen molar-refractivity contribution < 1.29 is 9.31 Å². The van der Waals surface area contributed by atoms with E-state index in [4.69, 9.17) is 0 Å². The third kappa shape index (κ3) is 2.98. The summed E-state index contributed by atoms with van der Waals surface area (Å²) < 4.78 is 13.2. The fraction of sp³-hybridized carbons (Fsp3) is 0.368. The number of hydrogen-bond acceptors (Lipinski definition) is 4. The van der Waals surface area contributed by atoms with Crippen LogP contribution in [0.15, 0.2) is 42.5 Å². The van der Waals surface area contributed by atoms with Gasteiger partial charge >= 0.3 is 0 Å². The lowest BCUT2D eigenvalue weighted by molar-refractivity contribution is -0.384. The van der Waals surface area contributed by atoms with E-state index < -0.39 is 0 Å². The molecule has 2 saturated heterocycles. The Labute approximate surface area is 145 Å². The number of anilines is 1. The molecule has 2 aromatic rings. The van der Waals surface area contributed by atoms with Crippen LogP contribution in [0, 0.1) is 27.8 Å². The van der Waals surface area contributed by atoms with Crippen LogP contribution in [0.4, 0.5) is 15.8 Å². The van der Waals surface area contributed by atoms with E-state index >= 15 is 0 Å². The second-order valence-corrected chi connectivity index (χ2v) is 7.11. The maximum Gasteiger partial charge on any atom is 0.292 e. The molecule has 5 nitrogen and oxygen atoms in total. The molecule has 2 aliphatic heterocycles. The lowest BCUT2D eigenvalue weighted by Crippen LogP contribution is -2.27. The molecular formula is C19H20FN3O2. The molecule has 0 saturated carbocycles. The van der Waals surface area contributed by atoms with Crippen LogP contribution in [0.2, 0.25) is 0 Å². The molecule has 0 amide bonds. The number of nitrogens with zero attached hydrogens (tertiary/aromatic N) is 3. The molecule has 0 aromatic heterocycles. The zero-order valence-corrected chi connectivity index (χ0v) is 14.1. The van der Waals surface area contributed by atoms with Crippen molar-refractivity contribution in [3.63, 3.8) is 0 Å². The summed E-state index contributed by atoms with van der Waals surface area (Å²) >= 11 is 0. The van der Waals surface area contributed by atoms with Gasteiger partial charge in [0, 0.05) is 32.2 Å². The van der Waals surface area contributed by atoms with Gasteiger partial charge in [-0.3, -0.25) is 10.1 Å². The second kappa shape index (κ2) is 6.11. The Hall–Kier alpha value is -2.47. The maximum atomic E-state index is 13.2. The summed E-state index contributed by atoms with van der Waals surface area (Å²) in [5.41, 5.74) is 2.54. The molecule has 130 valence electrons. The van der Waals surface area contributed by atoms with Crippen molar-refractivity contribution in [1.29, 1.82) is 0 Å². The van der Waals surface area contributed by atoms with E-state index in [1.54, 1.807) is 24.3 Å². The van der Waals surface area contributed by atoms with Crippen LogP contribution in [0.25, 0.3) is 11.1 Å². The van der Waals surface area contributed by atoms with E-state index in [0.717, 1.165) is 37.3 Å². The van der Waals surface area contributed by atoms with Crippen LogP contribution in [0.5, 0.6) is 0 Å². The molecule has 0 N–H and O–H groups in total. The smallest absolute Gasteiger partial charge is 0.292 e. The van der Waals surface area contributed by atoms with E-state index in [1.165, 1.54) is 12.1 Å². The molecule has 0 spiro atoms. The van der Waals surface area contributed by atoms with Gasteiger partial charge < -0.3 is 9.80 Å². The Balaban J connectivity index is 1.69. The van der Waals surface area contributed by atoms with E-state index in [9.17, 15) is 14.5 Å².